The molecule has 16 nitrogen and oxygen atoms in total. The average Bonchev–Trinajstić information content (AvgIpc) is 4.06. The summed E-state index contributed by atoms with van der Waals surface area (Å²) in [6.07, 6.45) is -3.07. The molecule has 1 saturated heterocycles. The van der Waals surface area contributed by atoms with Gasteiger partial charge in [0.2, 0.25) is 33.3 Å². The lowest BCUT2D eigenvalue weighted by Crippen LogP contribution is -2.59. The third-order valence-corrected chi connectivity index (χ3v) is 14.4. The maximum absolute atomic E-state index is 14.8. The number of allylic oxidation sites excluding steroid dienone is 1. The molecule has 2 aromatic rings. The van der Waals surface area contributed by atoms with Crippen LogP contribution in [0.4, 0.5) is 22.4 Å². The van der Waals surface area contributed by atoms with Crippen LogP contribution in [0, 0.1) is 23.7 Å². The summed E-state index contributed by atoms with van der Waals surface area (Å²) in [5.41, 5.74) is -4.80. The van der Waals surface area contributed by atoms with E-state index in [0.29, 0.717) is 55.6 Å². The van der Waals surface area contributed by atoms with E-state index < -0.39 is 92.9 Å². The van der Waals surface area contributed by atoms with E-state index in [2.05, 4.69) is 30.5 Å². The summed E-state index contributed by atoms with van der Waals surface area (Å²) in [4.78, 5) is 65.5. The van der Waals surface area contributed by atoms with Crippen molar-refractivity contribution < 1.29 is 54.6 Å². The van der Waals surface area contributed by atoms with Crippen LogP contribution in [0.2, 0.25) is 0 Å². The maximum atomic E-state index is 14.8. The van der Waals surface area contributed by atoms with Crippen molar-refractivity contribution in [3.8, 4) is 11.6 Å². The number of nitroso groups, excluding NO2 is 1. The first kappa shape index (κ1) is 44.9. The summed E-state index contributed by atoms with van der Waals surface area (Å²) in [5, 5.41) is 8.52. The Bertz CT molecular complexity index is 2150. The summed E-state index contributed by atoms with van der Waals surface area (Å²) < 4.78 is 98.9. The molecule has 7 atom stereocenters. The summed E-state index contributed by atoms with van der Waals surface area (Å²) in [6.45, 7) is 4.61. The highest BCUT2D eigenvalue weighted by Crippen LogP contribution is 2.53. The Kier molecular flexibility index (Phi) is 12.2. The van der Waals surface area contributed by atoms with Crippen LogP contribution in [0.25, 0.3) is 11.0 Å². The van der Waals surface area contributed by atoms with Gasteiger partial charge in [-0.15, -0.1) is 4.91 Å². The largest absolute Gasteiger partial charge is 0.497 e. The molecule has 2 saturated carbocycles. The van der Waals surface area contributed by atoms with Crippen molar-refractivity contribution in [1.29, 1.82) is 0 Å². The zero-order chi connectivity index (χ0) is 44.1. The first-order valence-corrected chi connectivity index (χ1v) is 21.3. The smallest absolute Gasteiger partial charge is 0.427 e. The number of rotatable bonds is 11. The molecule has 2 unspecified atom stereocenters. The highest BCUT2D eigenvalue weighted by atomic mass is 32.2. The zero-order valence-corrected chi connectivity index (χ0v) is 35.0. The molecule has 0 bridgehead atoms. The molecule has 1 aromatic carbocycles. The van der Waals surface area contributed by atoms with E-state index in [-0.39, 0.29) is 44.0 Å². The molecule has 3 amide bonds. The van der Waals surface area contributed by atoms with E-state index in [0.717, 1.165) is 4.90 Å². The normalized spacial score (nSPS) is 30.2. The highest BCUT2D eigenvalue weighted by Gasteiger charge is 2.71. The van der Waals surface area contributed by atoms with E-state index in [1.54, 1.807) is 38.1 Å². The monoisotopic (exact) mass is 869 g/mol. The van der Waals surface area contributed by atoms with E-state index in [4.69, 9.17) is 14.2 Å². The topological polar surface area (TPSA) is 208 Å². The van der Waals surface area contributed by atoms with Crippen molar-refractivity contribution in [2.75, 3.05) is 26.9 Å². The fourth-order valence-electron chi connectivity index (χ4n) is 8.00. The third kappa shape index (κ3) is 8.73. The summed E-state index contributed by atoms with van der Waals surface area (Å²) in [5.74, 6) is -1.90. The fourth-order valence-corrected chi connectivity index (χ4v) is 9.52. The molecule has 3 N–H and O–H groups in total. The van der Waals surface area contributed by atoms with E-state index in [9.17, 15) is 45.3 Å². The second kappa shape index (κ2) is 16.3. The van der Waals surface area contributed by atoms with E-state index >= 15 is 0 Å². The molecule has 6 rings (SSSR count). The number of nitrogens with zero attached hydrogens (tertiary/aromatic N) is 4. The van der Waals surface area contributed by atoms with Crippen LogP contribution in [0.3, 0.4) is 0 Å². The van der Waals surface area contributed by atoms with Gasteiger partial charge in [-0.2, -0.15) is 13.2 Å². The lowest BCUT2D eigenvalue weighted by atomic mass is 9.88. The molecule has 1 aromatic heterocycles. The van der Waals surface area contributed by atoms with Gasteiger partial charge in [0.25, 0.3) is 0 Å². The van der Waals surface area contributed by atoms with E-state index in [1.807, 2.05) is 6.92 Å². The van der Waals surface area contributed by atoms with E-state index in [1.165, 1.54) is 13.2 Å². The van der Waals surface area contributed by atoms with Crippen LogP contribution >= 0.6 is 0 Å². The molecule has 0 spiro atoms. The number of aromatic nitrogens is 2. The van der Waals surface area contributed by atoms with Crippen molar-refractivity contribution in [2.45, 2.75) is 125 Å². The minimum Gasteiger partial charge on any atom is -0.497 e. The lowest BCUT2D eigenvalue weighted by molar-refractivity contribution is -0.244. The Hall–Kier alpha value is -4.66. The number of alkyl carbamates (subject to hydrolysis) is 1. The van der Waals surface area contributed by atoms with Gasteiger partial charge in [0.1, 0.15) is 46.6 Å². The van der Waals surface area contributed by atoms with Gasteiger partial charge in [-0.05, 0) is 76.8 Å². The number of benzene rings is 1. The number of carbonyl (C=O) groups excluding carboxylic acids is 3. The Labute approximate surface area is 345 Å². The van der Waals surface area contributed by atoms with Crippen LogP contribution in [0.15, 0.2) is 35.5 Å². The van der Waals surface area contributed by atoms with Crippen LogP contribution in [0.5, 0.6) is 11.6 Å². The number of fused-ring (bicyclic) bond motifs is 3. The average molecular weight is 870 g/mol. The van der Waals surface area contributed by atoms with Gasteiger partial charge in [-0.25, -0.2) is 32.3 Å². The van der Waals surface area contributed by atoms with Gasteiger partial charge < -0.3 is 29.7 Å². The van der Waals surface area contributed by atoms with Gasteiger partial charge in [0.05, 0.1) is 30.2 Å². The number of nitrogens with one attached hydrogen (secondary N) is 3. The van der Waals surface area contributed by atoms with Gasteiger partial charge in [0.15, 0.2) is 0 Å². The molecule has 3 fully saturated rings. The Morgan fingerprint density at radius 3 is 2.47 bits per heavy atom. The van der Waals surface area contributed by atoms with Crippen LogP contribution in [-0.2, 0) is 24.3 Å². The Morgan fingerprint density at radius 1 is 1.12 bits per heavy atom. The maximum Gasteiger partial charge on any atom is 0.427 e. The third-order valence-electron chi connectivity index (χ3n) is 12.2. The number of aryl methyl sites for hydroxylation is 1. The quantitative estimate of drug-likeness (QED) is 0.157. The first-order chi connectivity index (χ1) is 28.0. The number of halogens is 4. The second-order valence-electron chi connectivity index (χ2n) is 17.2. The SMILES string of the molecule is COc1ccc2nc(C)c(O[C@@H]3CC4C(=O)NC5(CNS(=O)(=O)C6(CF)CC6)C[C@@]5(N=O)/C=C\CC[C@@H](C)C[C@@H](C)[C@H](NC(=O)OC(C)(C)C(F)(F)F)C(=O)N4C3)nc2c1. The van der Waals surface area contributed by atoms with Crippen LogP contribution in [-0.4, -0.2) is 114 Å². The number of methoxy groups -OCH3 is 1. The van der Waals surface area contributed by atoms with Crippen molar-refractivity contribution in [2.24, 2.45) is 17.0 Å². The van der Waals surface area contributed by atoms with Crippen LogP contribution in [0.1, 0.15) is 78.3 Å². The number of hydrogen-bond donors (Lipinski definition) is 3. The molecule has 2 aliphatic carbocycles. The molecule has 21 heteroatoms. The first-order valence-electron chi connectivity index (χ1n) is 19.8. The molecular weight excluding hydrogens is 819 g/mol. The summed E-state index contributed by atoms with van der Waals surface area (Å²) in [7, 11) is -2.76. The highest BCUT2D eigenvalue weighted by molar-refractivity contribution is 7.91. The zero-order valence-electron chi connectivity index (χ0n) is 34.2. The number of amides is 3. The minimum absolute atomic E-state index is 0.0791. The fraction of sp³-hybridized carbons (Fsp3) is 0.667. The number of carbonyl (C=O) groups is 3. The number of ether oxygens (including phenoxy) is 3. The number of alkyl halides is 4. The predicted molar refractivity (Wildman–Crippen MR) is 209 cm³/mol. The van der Waals surface area contributed by atoms with Crippen molar-refractivity contribution in [3.63, 3.8) is 0 Å². The molecule has 3 heterocycles. The minimum atomic E-state index is -4.94. The molecule has 0 radical (unpaired) electrons. The molecular formula is C39H51F4N7O9S. The number of sulfonamides is 1. The van der Waals surface area contributed by atoms with Crippen molar-refractivity contribution >= 4 is 39.0 Å². The predicted octanol–water partition coefficient (Wildman–Crippen LogP) is 4.93. The number of hydrogen-bond acceptors (Lipinski definition) is 12. The molecule has 330 valence electrons. The van der Waals surface area contributed by atoms with Crippen molar-refractivity contribution in [1.82, 2.24) is 30.2 Å². The van der Waals surface area contributed by atoms with Crippen molar-refractivity contribution in [3.05, 3.63) is 41.0 Å². The van der Waals surface area contributed by atoms with Gasteiger partial charge in [-0.1, -0.05) is 31.2 Å². The Balaban J connectivity index is 1.37. The van der Waals surface area contributed by atoms with Gasteiger partial charge >= 0.3 is 12.3 Å². The second-order valence-corrected chi connectivity index (χ2v) is 19.3. The standard InChI is InChI=1S/C39H51F4N7O9S/c1-22-9-7-8-12-37(49-54)19-38(37,21-44-60(55,56)36(20-40)13-14-36)48-31(51)29-17-26(58-32-24(3)45-27-11-10-25(57-6)16-28(27)46-32)18-50(29)33(52)30(23(2)15-22)47-34(53)59-35(4,5)39(41,42)43/h8,10-12,16,22-23,26,29-30,44H,7,9,13-15,17-21H2,1-6H3,(H,47,53)(H,48,51)/b12-8-/t22-,23-,26-,29?,30+,37+,38?/m1/s1. The van der Waals surface area contributed by atoms with Gasteiger partial charge in [-0.3, -0.25) is 9.59 Å². The summed E-state index contributed by atoms with van der Waals surface area (Å²) in [6, 6.07) is 2.19. The Morgan fingerprint density at radius 2 is 1.83 bits per heavy atom. The summed E-state index contributed by atoms with van der Waals surface area (Å²) >= 11 is 0. The molecule has 2 aliphatic heterocycles. The lowest BCUT2D eigenvalue weighted by Gasteiger charge is -2.34. The van der Waals surface area contributed by atoms with Gasteiger partial charge in [0, 0.05) is 25.5 Å². The molecule has 60 heavy (non-hydrogen) atoms. The molecule has 4 aliphatic rings. The van der Waals surface area contributed by atoms with Crippen LogP contribution < -0.4 is 24.8 Å².